The number of hydrogen-bond donors (Lipinski definition) is 0. The van der Waals surface area contributed by atoms with Crippen LogP contribution < -0.4 is 0 Å². The Morgan fingerprint density at radius 2 is 1.73 bits per heavy atom. The van der Waals surface area contributed by atoms with Crippen LogP contribution in [0.4, 0.5) is 0 Å². The predicted octanol–water partition coefficient (Wildman–Crippen LogP) is 2.96. The number of piperidine rings is 1. The Hall–Kier alpha value is -2.71. The minimum absolute atomic E-state index is 0.00280. The van der Waals surface area contributed by atoms with Crippen molar-refractivity contribution < 1.29 is 13.2 Å². The smallest absolute Gasteiger partial charge is 0.270 e. The van der Waals surface area contributed by atoms with Crippen LogP contribution in [-0.4, -0.2) is 60.3 Å². The third-order valence-electron chi connectivity index (χ3n) is 5.60. The van der Waals surface area contributed by atoms with Gasteiger partial charge in [0.25, 0.3) is 5.91 Å². The number of sulfonamides is 1. The largest absolute Gasteiger partial charge is 0.337 e. The molecule has 0 spiro atoms. The number of nitrogens with zero attached hydrogens (tertiary/aromatic N) is 4. The van der Waals surface area contributed by atoms with Gasteiger partial charge in [-0.25, -0.2) is 12.7 Å². The first-order valence-corrected chi connectivity index (χ1v) is 11.6. The highest BCUT2D eigenvalue weighted by Crippen LogP contribution is 2.27. The van der Waals surface area contributed by atoms with E-state index < -0.39 is 10.0 Å². The Morgan fingerprint density at radius 1 is 1.03 bits per heavy atom. The topological polar surface area (TPSA) is 75.5 Å². The minimum atomic E-state index is -3.55. The third kappa shape index (κ3) is 3.85. The molecule has 0 saturated carbocycles. The molecule has 1 aromatic carbocycles. The number of aromatic nitrogens is 2. The maximum absolute atomic E-state index is 13.3. The lowest BCUT2D eigenvalue weighted by Crippen LogP contribution is -2.36. The summed E-state index contributed by atoms with van der Waals surface area (Å²) in [7, 11) is -0.524. The Balaban J connectivity index is 1.83. The molecule has 1 fully saturated rings. The van der Waals surface area contributed by atoms with Crippen LogP contribution in [0, 0.1) is 0 Å². The second-order valence-electron chi connectivity index (χ2n) is 7.83. The molecule has 3 aromatic rings. The molecule has 30 heavy (non-hydrogen) atoms. The number of pyridine rings is 1. The average Bonchev–Trinajstić information content (AvgIpc) is 3.12. The van der Waals surface area contributed by atoms with E-state index >= 15 is 0 Å². The summed E-state index contributed by atoms with van der Waals surface area (Å²) in [6.45, 7) is 2.03. The van der Waals surface area contributed by atoms with Gasteiger partial charge in [0.2, 0.25) is 10.0 Å². The summed E-state index contributed by atoms with van der Waals surface area (Å²) in [6, 6.07) is 10.7. The molecule has 1 aliphatic rings. The number of likely N-dealkylation sites (tertiary alicyclic amines) is 1. The lowest BCUT2D eigenvalue weighted by molar-refractivity contribution is 0.0714. The molecule has 3 heterocycles. The molecule has 0 atom stereocenters. The molecule has 0 unspecified atom stereocenters. The van der Waals surface area contributed by atoms with Crippen molar-refractivity contribution in [2.45, 2.75) is 30.7 Å². The summed E-state index contributed by atoms with van der Waals surface area (Å²) in [5, 5.41) is 0.743. The van der Waals surface area contributed by atoms with Crippen LogP contribution in [0.2, 0.25) is 0 Å². The number of amides is 1. The van der Waals surface area contributed by atoms with Gasteiger partial charge >= 0.3 is 0 Å². The number of carbonyl (C=O) groups excluding carboxylic acids is 1. The van der Waals surface area contributed by atoms with Gasteiger partial charge in [0.05, 0.1) is 4.90 Å². The van der Waals surface area contributed by atoms with Gasteiger partial charge in [-0.1, -0.05) is 0 Å². The van der Waals surface area contributed by atoms with Crippen molar-refractivity contribution in [2.24, 2.45) is 0 Å². The molecule has 0 aliphatic carbocycles. The maximum atomic E-state index is 13.3. The molecule has 0 bridgehead atoms. The molecular weight excluding hydrogens is 400 g/mol. The van der Waals surface area contributed by atoms with Crippen molar-refractivity contribution in [1.82, 2.24) is 18.8 Å². The second-order valence-corrected chi connectivity index (χ2v) is 9.98. The Kier molecular flexibility index (Phi) is 5.62. The summed E-state index contributed by atoms with van der Waals surface area (Å²) in [5.74, 6) is -0.00280. The van der Waals surface area contributed by atoms with Crippen molar-refractivity contribution in [1.29, 1.82) is 0 Å². The summed E-state index contributed by atoms with van der Waals surface area (Å²) in [5.41, 5.74) is 2.45. The van der Waals surface area contributed by atoms with Crippen LogP contribution in [-0.2, 0) is 16.6 Å². The number of rotatable bonds is 5. The lowest BCUT2D eigenvalue weighted by Gasteiger charge is -2.27. The van der Waals surface area contributed by atoms with E-state index in [0.29, 0.717) is 12.2 Å². The van der Waals surface area contributed by atoms with E-state index in [4.69, 9.17) is 0 Å². The quantitative estimate of drug-likeness (QED) is 0.629. The first kappa shape index (κ1) is 20.6. The zero-order chi connectivity index (χ0) is 21.3. The molecule has 1 aliphatic heterocycles. The monoisotopic (exact) mass is 426 g/mol. The van der Waals surface area contributed by atoms with Crippen LogP contribution in [0.25, 0.3) is 10.9 Å². The summed E-state index contributed by atoms with van der Waals surface area (Å²) in [6.07, 6.45) is 6.64. The lowest BCUT2D eigenvalue weighted by atomic mass is 10.1. The van der Waals surface area contributed by atoms with Gasteiger partial charge in [-0.05, 0) is 61.2 Å². The molecule has 8 heteroatoms. The van der Waals surface area contributed by atoms with E-state index in [1.807, 2.05) is 27.7 Å². The minimum Gasteiger partial charge on any atom is -0.337 e. The van der Waals surface area contributed by atoms with Crippen LogP contribution in [0.5, 0.6) is 0 Å². The number of hydrogen-bond acceptors (Lipinski definition) is 4. The van der Waals surface area contributed by atoms with Crippen molar-refractivity contribution >= 4 is 26.8 Å². The molecule has 2 aromatic heterocycles. The van der Waals surface area contributed by atoms with E-state index in [1.54, 1.807) is 30.6 Å². The SMILES string of the molecule is CN(C)S(=O)(=O)c1ccc2c(c1)cc(C(=O)N1CCCCC1)n2Cc1ccncc1. The van der Waals surface area contributed by atoms with E-state index in [1.165, 1.54) is 18.4 Å². The molecule has 1 amide bonds. The van der Waals surface area contributed by atoms with Crippen molar-refractivity contribution in [3.05, 3.63) is 60.0 Å². The Labute approximate surface area is 177 Å². The normalized spacial score (nSPS) is 15.1. The van der Waals surface area contributed by atoms with Gasteiger partial charge in [0.15, 0.2) is 0 Å². The van der Waals surface area contributed by atoms with E-state index in [0.717, 1.165) is 48.8 Å². The summed E-state index contributed by atoms with van der Waals surface area (Å²) < 4.78 is 28.3. The van der Waals surface area contributed by atoms with Gasteiger partial charge in [0.1, 0.15) is 5.69 Å². The van der Waals surface area contributed by atoms with E-state index in [9.17, 15) is 13.2 Å². The van der Waals surface area contributed by atoms with Gasteiger partial charge in [-0.15, -0.1) is 0 Å². The van der Waals surface area contributed by atoms with Gasteiger partial charge < -0.3 is 9.47 Å². The van der Waals surface area contributed by atoms with Gasteiger partial charge in [-0.3, -0.25) is 9.78 Å². The highest BCUT2D eigenvalue weighted by Gasteiger charge is 2.24. The van der Waals surface area contributed by atoms with Crippen LogP contribution in [0.15, 0.2) is 53.7 Å². The number of fused-ring (bicyclic) bond motifs is 1. The molecular formula is C22H26N4O3S. The Bertz CT molecular complexity index is 1160. The fourth-order valence-corrected chi connectivity index (χ4v) is 4.84. The van der Waals surface area contributed by atoms with Crippen molar-refractivity contribution in [3.63, 3.8) is 0 Å². The standard InChI is InChI=1S/C22H26N4O3S/c1-24(2)30(28,29)19-6-7-20-18(14-19)15-21(22(27)25-12-4-3-5-13-25)26(20)16-17-8-10-23-11-9-17/h6-11,14-15H,3-5,12-13,16H2,1-2H3. The van der Waals surface area contributed by atoms with Gasteiger partial charge in [-0.2, -0.15) is 0 Å². The van der Waals surface area contributed by atoms with E-state index in [-0.39, 0.29) is 10.8 Å². The predicted molar refractivity (Wildman–Crippen MR) is 116 cm³/mol. The van der Waals surface area contributed by atoms with Crippen molar-refractivity contribution in [2.75, 3.05) is 27.2 Å². The zero-order valence-corrected chi connectivity index (χ0v) is 18.1. The van der Waals surface area contributed by atoms with Crippen LogP contribution in [0.3, 0.4) is 0 Å². The fraction of sp³-hybridized carbons (Fsp3) is 0.364. The first-order valence-electron chi connectivity index (χ1n) is 10.1. The zero-order valence-electron chi connectivity index (χ0n) is 17.3. The number of benzene rings is 1. The average molecular weight is 427 g/mol. The summed E-state index contributed by atoms with van der Waals surface area (Å²) >= 11 is 0. The van der Waals surface area contributed by atoms with Crippen LogP contribution in [0.1, 0.15) is 35.3 Å². The molecule has 0 N–H and O–H groups in total. The maximum Gasteiger partial charge on any atom is 0.270 e. The molecule has 158 valence electrons. The van der Waals surface area contributed by atoms with E-state index in [2.05, 4.69) is 4.98 Å². The second kappa shape index (κ2) is 8.20. The fourth-order valence-electron chi connectivity index (χ4n) is 3.90. The Morgan fingerprint density at radius 3 is 2.40 bits per heavy atom. The van der Waals surface area contributed by atoms with Gasteiger partial charge in [0, 0.05) is 57.0 Å². The molecule has 0 radical (unpaired) electrons. The third-order valence-corrected chi connectivity index (χ3v) is 7.41. The highest BCUT2D eigenvalue weighted by molar-refractivity contribution is 7.89. The first-order chi connectivity index (χ1) is 14.4. The van der Waals surface area contributed by atoms with Crippen LogP contribution >= 0.6 is 0 Å². The summed E-state index contributed by atoms with van der Waals surface area (Å²) in [4.78, 5) is 19.5. The molecule has 4 rings (SSSR count). The highest BCUT2D eigenvalue weighted by atomic mass is 32.2. The molecule has 1 saturated heterocycles. The van der Waals surface area contributed by atoms with Crippen molar-refractivity contribution in [3.8, 4) is 0 Å². The number of carbonyl (C=O) groups is 1. The molecule has 7 nitrogen and oxygen atoms in total.